The van der Waals surface area contributed by atoms with E-state index in [0.29, 0.717) is 4.99 Å². The molecule has 1 aromatic carbocycles. The highest BCUT2D eigenvalue weighted by Crippen LogP contribution is 2.14. The summed E-state index contributed by atoms with van der Waals surface area (Å²) in [4.78, 5) is 0.413. The largest absolute Gasteiger partial charge is 0.494 e. The summed E-state index contributed by atoms with van der Waals surface area (Å²) in [5.74, 6) is 0.849. The SMILES string of the molecule is CCCCCCOc1cccc(C(N)=S)c1. The van der Waals surface area contributed by atoms with E-state index in [4.69, 9.17) is 22.7 Å². The predicted molar refractivity (Wildman–Crippen MR) is 72.0 cm³/mol. The third-order valence-corrected chi connectivity index (χ3v) is 2.62. The summed E-state index contributed by atoms with van der Waals surface area (Å²) in [7, 11) is 0. The number of benzene rings is 1. The summed E-state index contributed by atoms with van der Waals surface area (Å²) in [5.41, 5.74) is 6.41. The average molecular weight is 237 g/mol. The van der Waals surface area contributed by atoms with Crippen LogP contribution in [0.2, 0.25) is 0 Å². The van der Waals surface area contributed by atoms with Gasteiger partial charge < -0.3 is 10.5 Å². The minimum absolute atomic E-state index is 0.413. The molecule has 2 nitrogen and oxygen atoms in total. The van der Waals surface area contributed by atoms with Crippen LogP contribution < -0.4 is 10.5 Å². The number of thiocarbonyl (C=S) groups is 1. The average Bonchev–Trinajstić information content (AvgIpc) is 2.29. The topological polar surface area (TPSA) is 35.2 Å². The lowest BCUT2D eigenvalue weighted by atomic mass is 10.2. The Hall–Kier alpha value is -1.09. The fourth-order valence-corrected chi connectivity index (χ4v) is 1.58. The first kappa shape index (κ1) is 13.0. The normalized spacial score (nSPS) is 10.1. The molecule has 0 atom stereocenters. The molecule has 88 valence electrons. The molecule has 0 unspecified atom stereocenters. The first-order chi connectivity index (χ1) is 7.74. The van der Waals surface area contributed by atoms with Gasteiger partial charge in [0.2, 0.25) is 0 Å². The Morgan fingerprint density at radius 3 is 2.81 bits per heavy atom. The van der Waals surface area contributed by atoms with Gasteiger partial charge in [-0.15, -0.1) is 0 Å². The van der Waals surface area contributed by atoms with Crippen molar-refractivity contribution in [2.75, 3.05) is 6.61 Å². The van der Waals surface area contributed by atoms with Gasteiger partial charge in [0.25, 0.3) is 0 Å². The van der Waals surface area contributed by atoms with E-state index in [1.165, 1.54) is 19.3 Å². The van der Waals surface area contributed by atoms with Crippen molar-refractivity contribution in [3.63, 3.8) is 0 Å². The first-order valence-corrected chi connectivity index (χ1v) is 6.17. The van der Waals surface area contributed by atoms with E-state index < -0.39 is 0 Å². The Morgan fingerprint density at radius 2 is 2.12 bits per heavy atom. The third kappa shape index (κ3) is 4.62. The second-order valence-corrected chi connectivity index (χ2v) is 4.24. The predicted octanol–water partition coefficient (Wildman–Crippen LogP) is 3.28. The lowest BCUT2D eigenvalue weighted by molar-refractivity contribution is 0.305. The first-order valence-electron chi connectivity index (χ1n) is 5.76. The van der Waals surface area contributed by atoms with Gasteiger partial charge in [-0.25, -0.2) is 0 Å². The van der Waals surface area contributed by atoms with Crippen LogP contribution >= 0.6 is 12.2 Å². The van der Waals surface area contributed by atoms with Gasteiger partial charge in [0.15, 0.2) is 0 Å². The number of hydrogen-bond acceptors (Lipinski definition) is 2. The summed E-state index contributed by atoms with van der Waals surface area (Å²) in [6, 6.07) is 7.63. The van der Waals surface area contributed by atoms with Crippen LogP contribution in [0.3, 0.4) is 0 Å². The molecule has 0 radical (unpaired) electrons. The number of unbranched alkanes of at least 4 members (excludes halogenated alkanes) is 3. The molecule has 1 rings (SSSR count). The fraction of sp³-hybridized carbons (Fsp3) is 0.462. The van der Waals surface area contributed by atoms with Gasteiger partial charge in [0.1, 0.15) is 10.7 Å². The maximum atomic E-state index is 5.63. The second kappa shape index (κ2) is 7.23. The third-order valence-electron chi connectivity index (χ3n) is 2.39. The highest BCUT2D eigenvalue weighted by atomic mass is 32.1. The van der Waals surface area contributed by atoms with Gasteiger partial charge in [0.05, 0.1) is 6.61 Å². The standard InChI is InChI=1S/C13H19NOS/c1-2-3-4-5-9-15-12-8-6-7-11(10-12)13(14)16/h6-8,10H,2-5,9H2,1H3,(H2,14,16). The van der Waals surface area contributed by atoms with Crippen molar-refractivity contribution in [1.82, 2.24) is 0 Å². The minimum atomic E-state index is 0.413. The van der Waals surface area contributed by atoms with E-state index in [0.717, 1.165) is 24.3 Å². The van der Waals surface area contributed by atoms with Crippen LogP contribution in [-0.4, -0.2) is 11.6 Å². The summed E-state index contributed by atoms with van der Waals surface area (Å²) < 4.78 is 5.63. The van der Waals surface area contributed by atoms with Gasteiger partial charge in [-0.2, -0.15) is 0 Å². The van der Waals surface area contributed by atoms with Crippen LogP contribution in [-0.2, 0) is 0 Å². The lowest BCUT2D eigenvalue weighted by Gasteiger charge is -2.07. The van der Waals surface area contributed by atoms with Crippen molar-refractivity contribution in [1.29, 1.82) is 0 Å². The van der Waals surface area contributed by atoms with Gasteiger partial charge in [-0.1, -0.05) is 50.5 Å². The van der Waals surface area contributed by atoms with E-state index in [-0.39, 0.29) is 0 Å². The van der Waals surface area contributed by atoms with Gasteiger partial charge in [-0.05, 0) is 18.6 Å². The molecule has 0 spiro atoms. The molecule has 0 bridgehead atoms. The van der Waals surface area contributed by atoms with Crippen LogP contribution in [0.15, 0.2) is 24.3 Å². The van der Waals surface area contributed by atoms with Crippen LogP contribution in [0.25, 0.3) is 0 Å². The Balaban J connectivity index is 2.36. The summed E-state index contributed by atoms with van der Waals surface area (Å²) >= 11 is 4.91. The number of nitrogens with two attached hydrogens (primary N) is 1. The number of hydrogen-bond donors (Lipinski definition) is 1. The molecule has 1 aromatic rings. The maximum Gasteiger partial charge on any atom is 0.119 e. The minimum Gasteiger partial charge on any atom is -0.494 e. The smallest absolute Gasteiger partial charge is 0.119 e. The Labute approximate surface area is 103 Å². The Morgan fingerprint density at radius 1 is 1.31 bits per heavy atom. The molecule has 0 aliphatic rings. The van der Waals surface area contributed by atoms with Crippen molar-refractivity contribution in [3.8, 4) is 5.75 Å². The summed E-state index contributed by atoms with van der Waals surface area (Å²) in [6.07, 6.45) is 4.85. The van der Waals surface area contributed by atoms with E-state index in [1.807, 2.05) is 24.3 Å². The van der Waals surface area contributed by atoms with Crippen molar-refractivity contribution in [2.45, 2.75) is 32.6 Å². The van der Waals surface area contributed by atoms with Crippen LogP contribution in [0.4, 0.5) is 0 Å². The molecule has 0 heterocycles. The van der Waals surface area contributed by atoms with Gasteiger partial charge in [-0.3, -0.25) is 0 Å². The fourth-order valence-electron chi connectivity index (χ4n) is 1.46. The zero-order valence-corrected chi connectivity index (χ0v) is 10.6. The van der Waals surface area contributed by atoms with Gasteiger partial charge in [0, 0.05) is 5.56 Å². The van der Waals surface area contributed by atoms with Crippen LogP contribution in [0.1, 0.15) is 38.2 Å². The molecule has 0 saturated carbocycles. The van der Waals surface area contributed by atoms with Crippen molar-refractivity contribution >= 4 is 17.2 Å². The molecular weight excluding hydrogens is 218 g/mol. The summed E-state index contributed by atoms with van der Waals surface area (Å²) in [5, 5.41) is 0. The molecule has 16 heavy (non-hydrogen) atoms. The van der Waals surface area contributed by atoms with Gasteiger partial charge >= 0.3 is 0 Å². The quantitative estimate of drug-likeness (QED) is 0.584. The molecule has 0 saturated heterocycles. The zero-order valence-electron chi connectivity index (χ0n) is 9.74. The highest BCUT2D eigenvalue weighted by Gasteiger charge is 1.98. The molecule has 0 fully saturated rings. The van der Waals surface area contributed by atoms with E-state index in [9.17, 15) is 0 Å². The molecule has 0 amide bonds. The lowest BCUT2D eigenvalue weighted by Crippen LogP contribution is -2.09. The molecular formula is C13H19NOS. The Bertz CT molecular complexity index is 338. The van der Waals surface area contributed by atoms with Crippen molar-refractivity contribution in [3.05, 3.63) is 29.8 Å². The number of rotatable bonds is 7. The zero-order chi connectivity index (χ0) is 11.8. The summed E-state index contributed by atoms with van der Waals surface area (Å²) in [6.45, 7) is 2.97. The van der Waals surface area contributed by atoms with Crippen molar-refractivity contribution in [2.24, 2.45) is 5.73 Å². The number of ether oxygens (including phenoxy) is 1. The monoisotopic (exact) mass is 237 g/mol. The molecule has 0 aromatic heterocycles. The van der Waals surface area contributed by atoms with E-state index >= 15 is 0 Å². The van der Waals surface area contributed by atoms with E-state index in [2.05, 4.69) is 6.92 Å². The van der Waals surface area contributed by atoms with Crippen molar-refractivity contribution < 1.29 is 4.74 Å². The molecule has 0 aliphatic heterocycles. The molecule has 2 N–H and O–H groups in total. The van der Waals surface area contributed by atoms with Crippen LogP contribution in [0, 0.1) is 0 Å². The highest BCUT2D eigenvalue weighted by molar-refractivity contribution is 7.80. The molecule has 3 heteroatoms. The maximum absolute atomic E-state index is 5.63. The Kier molecular flexibility index (Phi) is 5.86. The second-order valence-electron chi connectivity index (χ2n) is 3.80. The molecule has 0 aliphatic carbocycles. The van der Waals surface area contributed by atoms with E-state index in [1.54, 1.807) is 0 Å². The van der Waals surface area contributed by atoms with Crippen LogP contribution in [0.5, 0.6) is 5.75 Å².